The molecule has 0 saturated carbocycles. The van der Waals surface area contributed by atoms with E-state index in [1.165, 1.54) is 18.2 Å². The zero-order valence-corrected chi connectivity index (χ0v) is 22.0. The van der Waals surface area contributed by atoms with Gasteiger partial charge in [-0.15, -0.1) is 13.2 Å². The number of ether oxygens (including phenoxy) is 2. The van der Waals surface area contributed by atoms with Crippen LogP contribution in [0.5, 0.6) is 11.5 Å². The molecule has 0 saturated heterocycles. The molecule has 0 radical (unpaired) electrons. The fourth-order valence-electron chi connectivity index (χ4n) is 3.76. The second kappa shape index (κ2) is 13.8. The molecule has 0 heterocycles. The average Bonchev–Trinajstić information content (AvgIpc) is 2.97. The Morgan fingerprint density at radius 2 is 1.50 bits per heavy atom. The molecule has 0 aliphatic carbocycles. The molecular formula is C31H25F3N2O6. The lowest BCUT2D eigenvalue weighted by Crippen LogP contribution is -2.17. The number of amides is 1. The quantitative estimate of drug-likeness (QED) is 0.106. The Morgan fingerprint density at radius 1 is 0.833 bits per heavy atom. The van der Waals surface area contributed by atoms with Crippen molar-refractivity contribution in [2.24, 2.45) is 5.16 Å². The van der Waals surface area contributed by atoms with E-state index in [0.29, 0.717) is 12.2 Å². The minimum atomic E-state index is -4.87. The highest BCUT2D eigenvalue weighted by Crippen LogP contribution is 2.26. The largest absolute Gasteiger partial charge is 0.573 e. The number of carboxylic acid groups (broad SMARTS) is 1. The first-order chi connectivity index (χ1) is 20.2. The maximum atomic E-state index is 12.6. The molecule has 11 heteroatoms. The minimum absolute atomic E-state index is 0.00275. The molecule has 216 valence electrons. The van der Waals surface area contributed by atoms with E-state index in [9.17, 15) is 27.9 Å². The van der Waals surface area contributed by atoms with Crippen LogP contribution in [0, 0.1) is 0 Å². The molecule has 4 aromatic rings. The number of hydrogen-bond acceptors (Lipinski definition) is 6. The predicted molar refractivity (Wildman–Crippen MR) is 150 cm³/mol. The predicted octanol–water partition coefficient (Wildman–Crippen LogP) is 7.02. The molecular weight excluding hydrogens is 553 g/mol. The number of carbonyl (C=O) groups excluding carboxylic acids is 1. The van der Waals surface area contributed by atoms with Crippen molar-refractivity contribution in [3.05, 3.63) is 114 Å². The molecule has 42 heavy (non-hydrogen) atoms. The Hall–Kier alpha value is -5.32. The van der Waals surface area contributed by atoms with Crippen LogP contribution in [0.2, 0.25) is 0 Å². The van der Waals surface area contributed by atoms with Gasteiger partial charge in [0.15, 0.2) is 0 Å². The minimum Gasteiger partial charge on any atom is -0.493 e. The van der Waals surface area contributed by atoms with Crippen molar-refractivity contribution in [3.63, 3.8) is 0 Å². The number of oxime groups is 1. The van der Waals surface area contributed by atoms with Crippen LogP contribution in [0.3, 0.4) is 0 Å². The summed E-state index contributed by atoms with van der Waals surface area (Å²) in [5.74, 6) is -2.21. The number of carbonyl (C=O) groups is 2. The van der Waals surface area contributed by atoms with Gasteiger partial charge in [-0.3, -0.25) is 4.79 Å². The molecule has 0 unspecified atom stereocenters. The van der Waals surface area contributed by atoms with E-state index in [1.807, 2.05) is 54.6 Å². The number of alkyl halides is 3. The van der Waals surface area contributed by atoms with Crippen LogP contribution >= 0.6 is 0 Å². The summed E-state index contributed by atoms with van der Waals surface area (Å²) in [6.07, 6.45) is -2.79. The molecule has 0 bridgehead atoms. The topological polar surface area (TPSA) is 106 Å². The van der Waals surface area contributed by atoms with E-state index >= 15 is 0 Å². The van der Waals surface area contributed by atoms with Crippen molar-refractivity contribution < 1.29 is 42.2 Å². The summed E-state index contributed by atoms with van der Waals surface area (Å²) in [5, 5.41) is 15.9. The lowest BCUT2D eigenvalue weighted by atomic mass is 10.0. The summed E-state index contributed by atoms with van der Waals surface area (Å²) in [6.45, 7) is 0.491. The summed E-state index contributed by atoms with van der Waals surface area (Å²) in [4.78, 5) is 29.5. The molecule has 0 aliphatic rings. The highest BCUT2D eigenvalue weighted by atomic mass is 19.4. The third-order valence-electron chi connectivity index (χ3n) is 5.76. The normalized spacial score (nSPS) is 11.2. The summed E-state index contributed by atoms with van der Waals surface area (Å²) in [5.41, 5.74) is 2.86. The molecule has 2 N–H and O–H groups in total. The van der Waals surface area contributed by atoms with Gasteiger partial charge in [-0.1, -0.05) is 59.8 Å². The summed E-state index contributed by atoms with van der Waals surface area (Å²) in [6, 6.07) is 26.2. The van der Waals surface area contributed by atoms with E-state index in [0.717, 1.165) is 41.0 Å². The van der Waals surface area contributed by atoms with E-state index in [1.54, 1.807) is 6.21 Å². The van der Waals surface area contributed by atoms with Crippen molar-refractivity contribution in [2.45, 2.75) is 12.8 Å². The monoisotopic (exact) mass is 578 g/mol. The first-order valence-corrected chi connectivity index (χ1v) is 12.7. The van der Waals surface area contributed by atoms with Crippen LogP contribution in [0.4, 0.5) is 18.9 Å². The fraction of sp³-hybridized carbons (Fsp3) is 0.129. The van der Waals surface area contributed by atoms with Gasteiger partial charge in [0.1, 0.15) is 18.1 Å². The van der Waals surface area contributed by atoms with Gasteiger partial charge in [0.05, 0.1) is 24.1 Å². The summed E-state index contributed by atoms with van der Waals surface area (Å²) in [7, 11) is 0. The first-order valence-electron chi connectivity index (χ1n) is 12.7. The number of aromatic carboxylic acids is 1. The van der Waals surface area contributed by atoms with Gasteiger partial charge in [-0.05, 0) is 53.1 Å². The zero-order valence-electron chi connectivity index (χ0n) is 22.0. The Bertz CT molecular complexity index is 1520. The third kappa shape index (κ3) is 8.85. The zero-order chi connectivity index (χ0) is 30.0. The second-order valence-electron chi connectivity index (χ2n) is 8.80. The van der Waals surface area contributed by atoms with Crippen LogP contribution in [0.15, 0.2) is 102 Å². The van der Waals surface area contributed by atoms with Crippen LogP contribution in [0.25, 0.3) is 11.1 Å². The van der Waals surface area contributed by atoms with Gasteiger partial charge in [-0.2, -0.15) is 0 Å². The lowest BCUT2D eigenvalue weighted by Gasteiger charge is -2.12. The van der Waals surface area contributed by atoms with Crippen LogP contribution in [-0.2, 0) is 4.84 Å². The molecule has 8 nitrogen and oxygen atoms in total. The second-order valence-corrected chi connectivity index (χ2v) is 8.80. The van der Waals surface area contributed by atoms with Gasteiger partial charge in [0, 0.05) is 18.1 Å². The van der Waals surface area contributed by atoms with E-state index in [-0.39, 0.29) is 30.0 Å². The number of hydrogen-bond donors (Lipinski definition) is 2. The van der Waals surface area contributed by atoms with Gasteiger partial charge in [-0.25, -0.2) is 4.79 Å². The number of nitrogens with zero attached hydrogens (tertiary/aromatic N) is 1. The van der Waals surface area contributed by atoms with Crippen molar-refractivity contribution >= 4 is 23.8 Å². The molecule has 0 fully saturated rings. The fourth-order valence-corrected chi connectivity index (χ4v) is 3.76. The number of anilines is 1. The van der Waals surface area contributed by atoms with E-state index in [2.05, 4.69) is 15.2 Å². The maximum Gasteiger partial charge on any atom is 0.573 e. The van der Waals surface area contributed by atoms with Crippen LogP contribution < -0.4 is 14.8 Å². The van der Waals surface area contributed by atoms with E-state index < -0.39 is 24.0 Å². The molecule has 4 rings (SSSR count). The highest BCUT2D eigenvalue weighted by Gasteiger charge is 2.31. The van der Waals surface area contributed by atoms with Crippen molar-refractivity contribution in [1.29, 1.82) is 0 Å². The van der Waals surface area contributed by atoms with Gasteiger partial charge in [0.2, 0.25) is 0 Å². The number of nitrogens with one attached hydrogen (secondary N) is 1. The summed E-state index contributed by atoms with van der Waals surface area (Å²) >= 11 is 0. The number of halogens is 3. The standard InChI is InChI=1S/C31H25F3N2O6/c32-31(33,34)42-25-13-11-24(12-14-25)29(37)36-28-19-26(15-16-27(28)30(38)39)40-17-4-18-41-35-20-21-7-9-23(10-8-21)22-5-2-1-3-6-22/h1-3,5-16,19-20H,4,17-18H2,(H,36,37)(H,38,39). The molecule has 0 aromatic heterocycles. The summed E-state index contributed by atoms with van der Waals surface area (Å²) < 4.78 is 46.5. The van der Waals surface area contributed by atoms with Crippen molar-refractivity contribution in [3.8, 4) is 22.6 Å². The van der Waals surface area contributed by atoms with Crippen molar-refractivity contribution in [1.82, 2.24) is 0 Å². The number of carboxylic acids is 1. The number of benzene rings is 4. The molecule has 4 aromatic carbocycles. The molecule has 0 atom stereocenters. The third-order valence-corrected chi connectivity index (χ3v) is 5.76. The Balaban J connectivity index is 1.25. The van der Waals surface area contributed by atoms with Gasteiger partial charge in [0.25, 0.3) is 5.91 Å². The first kappa shape index (κ1) is 29.7. The van der Waals surface area contributed by atoms with Gasteiger partial charge < -0.3 is 24.7 Å². The highest BCUT2D eigenvalue weighted by molar-refractivity contribution is 6.08. The Kier molecular flexibility index (Phi) is 9.77. The van der Waals surface area contributed by atoms with Gasteiger partial charge >= 0.3 is 12.3 Å². The van der Waals surface area contributed by atoms with Crippen LogP contribution in [-0.4, -0.2) is 42.8 Å². The molecule has 0 spiro atoms. The van der Waals surface area contributed by atoms with E-state index in [4.69, 9.17) is 9.57 Å². The smallest absolute Gasteiger partial charge is 0.493 e. The average molecular weight is 579 g/mol. The number of rotatable bonds is 12. The Morgan fingerprint density at radius 3 is 2.17 bits per heavy atom. The lowest BCUT2D eigenvalue weighted by molar-refractivity contribution is -0.274. The Labute approximate surface area is 239 Å². The van der Waals surface area contributed by atoms with Crippen LogP contribution in [0.1, 0.15) is 32.7 Å². The SMILES string of the molecule is O=C(Nc1cc(OCCCON=Cc2ccc(-c3ccccc3)cc2)ccc1C(=O)O)c1ccc(OC(F)(F)F)cc1. The molecule has 0 aliphatic heterocycles. The van der Waals surface area contributed by atoms with Crippen molar-refractivity contribution in [2.75, 3.05) is 18.5 Å². The maximum absolute atomic E-state index is 12.6. The molecule has 1 amide bonds.